The van der Waals surface area contributed by atoms with Crippen LogP contribution in [0.4, 0.5) is 0 Å². The molecule has 2 N–H and O–H groups in total. The molecule has 0 fully saturated rings. The molecule has 0 saturated carbocycles. The predicted molar refractivity (Wildman–Crippen MR) is 45.7 cm³/mol. The van der Waals surface area contributed by atoms with E-state index in [-0.39, 0.29) is 4.75 Å². The molecular formula is C7H13NOS. The fourth-order valence-electron chi connectivity index (χ4n) is 0.420. The normalized spacial score (nSPS) is 11.1. The van der Waals surface area contributed by atoms with Crippen LogP contribution in [0.2, 0.25) is 0 Å². The van der Waals surface area contributed by atoms with Gasteiger partial charge in [-0.2, -0.15) is 0 Å². The number of amides is 1. The van der Waals surface area contributed by atoms with E-state index >= 15 is 0 Å². The van der Waals surface area contributed by atoms with E-state index in [0.29, 0.717) is 4.91 Å². The van der Waals surface area contributed by atoms with Crippen LogP contribution in [-0.4, -0.2) is 10.7 Å². The van der Waals surface area contributed by atoms with Gasteiger partial charge in [-0.15, -0.1) is 11.8 Å². The molecule has 0 aromatic rings. The summed E-state index contributed by atoms with van der Waals surface area (Å²) in [6.45, 7) is 9.55. The summed E-state index contributed by atoms with van der Waals surface area (Å²) in [7, 11) is 0. The van der Waals surface area contributed by atoms with E-state index in [2.05, 4.69) is 6.58 Å². The summed E-state index contributed by atoms with van der Waals surface area (Å²) in [6, 6.07) is 0. The molecule has 0 bridgehead atoms. The highest BCUT2D eigenvalue weighted by Crippen LogP contribution is 2.29. The number of hydrogen-bond acceptors (Lipinski definition) is 2. The first kappa shape index (κ1) is 9.56. The van der Waals surface area contributed by atoms with E-state index in [0.717, 1.165) is 0 Å². The number of rotatable bonds is 2. The maximum absolute atomic E-state index is 10.5. The zero-order chi connectivity index (χ0) is 8.36. The SMILES string of the molecule is C=C(SC(C)(C)C)C(N)=O. The first-order valence-electron chi connectivity index (χ1n) is 3.00. The third-order valence-corrected chi connectivity index (χ3v) is 1.76. The van der Waals surface area contributed by atoms with Crippen LogP contribution in [0.15, 0.2) is 11.5 Å². The summed E-state index contributed by atoms with van der Waals surface area (Å²) in [4.78, 5) is 10.9. The molecule has 10 heavy (non-hydrogen) atoms. The first-order chi connectivity index (χ1) is 4.33. The molecule has 0 aliphatic rings. The Bertz CT molecular complexity index is 157. The summed E-state index contributed by atoms with van der Waals surface area (Å²) < 4.78 is 0.0200. The Morgan fingerprint density at radius 3 is 2.00 bits per heavy atom. The van der Waals surface area contributed by atoms with Crippen molar-refractivity contribution in [3.8, 4) is 0 Å². The molecule has 58 valence electrons. The van der Waals surface area contributed by atoms with Gasteiger partial charge in [0.1, 0.15) is 0 Å². The van der Waals surface area contributed by atoms with E-state index < -0.39 is 5.91 Å². The number of primary amides is 1. The minimum Gasteiger partial charge on any atom is -0.365 e. The predicted octanol–water partition coefficient (Wildman–Crippen LogP) is 1.52. The first-order valence-corrected chi connectivity index (χ1v) is 3.82. The largest absolute Gasteiger partial charge is 0.365 e. The lowest BCUT2D eigenvalue weighted by molar-refractivity contribution is -0.113. The van der Waals surface area contributed by atoms with E-state index in [9.17, 15) is 4.79 Å². The van der Waals surface area contributed by atoms with E-state index in [1.165, 1.54) is 11.8 Å². The molecule has 0 rings (SSSR count). The third kappa shape index (κ3) is 4.44. The van der Waals surface area contributed by atoms with E-state index in [1.54, 1.807) is 0 Å². The molecule has 0 aromatic heterocycles. The number of thioether (sulfide) groups is 1. The Kier molecular flexibility index (Phi) is 2.96. The molecule has 0 aliphatic heterocycles. The average molecular weight is 159 g/mol. The molecule has 0 spiro atoms. The summed E-state index contributed by atoms with van der Waals surface area (Å²) in [5, 5.41) is 0. The minimum atomic E-state index is -0.431. The maximum atomic E-state index is 10.5. The van der Waals surface area contributed by atoms with Gasteiger partial charge in [-0.3, -0.25) is 4.79 Å². The number of carbonyl (C=O) groups excluding carboxylic acids is 1. The zero-order valence-corrected chi connectivity index (χ0v) is 7.42. The highest BCUT2D eigenvalue weighted by Gasteiger charge is 2.14. The summed E-state index contributed by atoms with van der Waals surface area (Å²) in [5.41, 5.74) is 4.98. The second-order valence-corrected chi connectivity index (χ2v) is 4.92. The molecule has 0 atom stereocenters. The Morgan fingerprint density at radius 2 is 1.90 bits per heavy atom. The molecular weight excluding hydrogens is 146 g/mol. The van der Waals surface area contributed by atoms with Crippen LogP contribution in [0.25, 0.3) is 0 Å². The number of carbonyl (C=O) groups is 1. The molecule has 0 saturated heterocycles. The zero-order valence-electron chi connectivity index (χ0n) is 6.60. The van der Waals surface area contributed by atoms with Gasteiger partial charge >= 0.3 is 0 Å². The van der Waals surface area contributed by atoms with Crippen molar-refractivity contribution in [3.63, 3.8) is 0 Å². The Hall–Kier alpha value is -0.440. The van der Waals surface area contributed by atoms with Crippen molar-refractivity contribution in [3.05, 3.63) is 11.5 Å². The van der Waals surface area contributed by atoms with Crippen LogP contribution < -0.4 is 5.73 Å². The number of hydrogen-bond donors (Lipinski definition) is 1. The lowest BCUT2D eigenvalue weighted by Crippen LogP contribution is -2.16. The second kappa shape index (κ2) is 3.10. The highest BCUT2D eigenvalue weighted by atomic mass is 32.2. The minimum absolute atomic E-state index is 0.0200. The van der Waals surface area contributed by atoms with Crippen LogP contribution in [0.5, 0.6) is 0 Å². The van der Waals surface area contributed by atoms with Gasteiger partial charge in [0.25, 0.3) is 5.91 Å². The quantitative estimate of drug-likeness (QED) is 0.621. The van der Waals surface area contributed by atoms with Crippen LogP contribution in [0.1, 0.15) is 20.8 Å². The third-order valence-electron chi connectivity index (χ3n) is 0.704. The molecule has 1 amide bonds. The molecule has 2 nitrogen and oxygen atoms in total. The van der Waals surface area contributed by atoms with Gasteiger partial charge in [0, 0.05) is 4.75 Å². The Balaban J connectivity index is 3.93. The van der Waals surface area contributed by atoms with Crippen molar-refractivity contribution in [2.75, 3.05) is 0 Å². The van der Waals surface area contributed by atoms with E-state index in [1.807, 2.05) is 20.8 Å². The van der Waals surface area contributed by atoms with E-state index in [4.69, 9.17) is 5.73 Å². The van der Waals surface area contributed by atoms with Gasteiger partial charge in [0.2, 0.25) is 0 Å². The highest BCUT2D eigenvalue weighted by molar-refractivity contribution is 8.05. The monoisotopic (exact) mass is 159 g/mol. The smallest absolute Gasteiger partial charge is 0.254 e. The van der Waals surface area contributed by atoms with Gasteiger partial charge in [-0.1, -0.05) is 27.4 Å². The van der Waals surface area contributed by atoms with Crippen molar-refractivity contribution in [2.24, 2.45) is 5.73 Å². The van der Waals surface area contributed by atoms with Crippen molar-refractivity contribution >= 4 is 17.7 Å². The Labute approximate surface area is 65.9 Å². The van der Waals surface area contributed by atoms with Gasteiger partial charge in [-0.25, -0.2) is 0 Å². The Morgan fingerprint density at radius 1 is 1.50 bits per heavy atom. The van der Waals surface area contributed by atoms with Gasteiger partial charge in [-0.05, 0) is 0 Å². The van der Waals surface area contributed by atoms with Crippen molar-refractivity contribution in [1.29, 1.82) is 0 Å². The lowest BCUT2D eigenvalue weighted by Gasteiger charge is -2.16. The molecule has 0 heterocycles. The molecule has 0 unspecified atom stereocenters. The molecule has 0 aliphatic carbocycles. The summed E-state index contributed by atoms with van der Waals surface area (Å²) in [5.74, 6) is -0.431. The fraction of sp³-hybridized carbons (Fsp3) is 0.571. The van der Waals surface area contributed by atoms with Gasteiger partial charge < -0.3 is 5.73 Å². The van der Waals surface area contributed by atoms with Crippen LogP contribution in [0.3, 0.4) is 0 Å². The van der Waals surface area contributed by atoms with Gasteiger partial charge in [0.05, 0.1) is 4.91 Å². The fourth-order valence-corrected chi connectivity index (χ4v) is 1.26. The van der Waals surface area contributed by atoms with Crippen molar-refractivity contribution in [2.45, 2.75) is 25.5 Å². The van der Waals surface area contributed by atoms with Crippen LogP contribution >= 0.6 is 11.8 Å². The van der Waals surface area contributed by atoms with Crippen LogP contribution in [0, 0.1) is 0 Å². The summed E-state index contributed by atoms with van der Waals surface area (Å²) in [6.07, 6.45) is 0. The second-order valence-electron chi connectivity index (χ2n) is 3.00. The standard InChI is InChI=1S/C7H13NOS/c1-5(6(8)9)10-7(2,3)4/h1H2,2-4H3,(H2,8,9). The maximum Gasteiger partial charge on any atom is 0.254 e. The van der Waals surface area contributed by atoms with Crippen LogP contribution in [-0.2, 0) is 4.79 Å². The van der Waals surface area contributed by atoms with Gasteiger partial charge in [0.15, 0.2) is 0 Å². The topological polar surface area (TPSA) is 43.1 Å². The number of nitrogens with two attached hydrogens (primary N) is 1. The molecule has 3 heteroatoms. The summed E-state index contributed by atoms with van der Waals surface area (Å²) >= 11 is 1.40. The molecule has 0 radical (unpaired) electrons. The molecule has 0 aromatic carbocycles. The average Bonchev–Trinajstić information content (AvgIpc) is 1.60. The van der Waals surface area contributed by atoms with Crippen molar-refractivity contribution in [1.82, 2.24) is 0 Å². The van der Waals surface area contributed by atoms with Crippen molar-refractivity contribution < 1.29 is 4.79 Å². The lowest BCUT2D eigenvalue weighted by atomic mass is 10.3.